The second kappa shape index (κ2) is 6.87. The zero-order valence-corrected chi connectivity index (χ0v) is 13.0. The summed E-state index contributed by atoms with van der Waals surface area (Å²) in [6.07, 6.45) is 5.18. The Balaban J connectivity index is 1.65. The number of esters is 2. The fourth-order valence-corrected chi connectivity index (χ4v) is 2.22. The Labute approximate surface area is 138 Å². The summed E-state index contributed by atoms with van der Waals surface area (Å²) < 4.78 is 16.8. The van der Waals surface area contributed by atoms with E-state index in [2.05, 4.69) is 4.74 Å². The van der Waals surface area contributed by atoms with Crippen molar-refractivity contribution in [1.29, 1.82) is 0 Å². The summed E-state index contributed by atoms with van der Waals surface area (Å²) in [6, 6.07) is 12.4. The Morgan fingerprint density at radius 3 is 2.42 bits per heavy atom. The van der Waals surface area contributed by atoms with Gasteiger partial charge in [0.05, 0.1) is 18.9 Å². The lowest BCUT2D eigenvalue weighted by Crippen LogP contribution is -2.08. The Morgan fingerprint density at radius 1 is 1.04 bits per heavy atom. The van der Waals surface area contributed by atoms with E-state index in [-0.39, 0.29) is 12.4 Å². The molecule has 0 N–H and O–H groups in total. The van der Waals surface area contributed by atoms with Crippen LogP contribution in [0.4, 0.5) is 0 Å². The highest BCUT2D eigenvalue weighted by molar-refractivity contribution is 5.90. The number of benzene rings is 1. The minimum Gasteiger partial charge on any atom is -0.463 e. The molecule has 0 bridgehead atoms. The molecule has 0 aliphatic rings. The molecule has 2 aromatic heterocycles. The first-order valence-corrected chi connectivity index (χ1v) is 7.24. The highest BCUT2D eigenvalue weighted by Crippen LogP contribution is 2.15. The zero-order valence-electron chi connectivity index (χ0n) is 13.0. The SMILES string of the molecule is COC(=O)c1occc1COC(=O)c1ccc(-n2cccc2)cc1. The lowest BCUT2D eigenvalue weighted by atomic mass is 10.2. The van der Waals surface area contributed by atoms with Crippen LogP contribution in [0.15, 0.2) is 65.5 Å². The summed E-state index contributed by atoms with van der Waals surface area (Å²) >= 11 is 0. The predicted molar refractivity (Wildman–Crippen MR) is 84.9 cm³/mol. The van der Waals surface area contributed by atoms with Crippen LogP contribution in [0.1, 0.15) is 26.5 Å². The number of furan rings is 1. The number of aromatic nitrogens is 1. The minimum absolute atomic E-state index is 0.0354. The normalized spacial score (nSPS) is 10.4. The monoisotopic (exact) mass is 325 g/mol. The first-order valence-electron chi connectivity index (χ1n) is 7.24. The Bertz CT molecular complexity index is 831. The largest absolute Gasteiger partial charge is 0.463 e. The van der Waals surface area contributed by atoms with Gasteiger partial charge in [-0.2, -0.15) is 0 Å². The molecule has 0 radical (unpaired) electrons. The third-order valence-electron chi connectivity index (χ3n) is 3.48. The molecule has 0 atom stereocenters. The summed E-state index contributed by atoms with van der Waals surface area (Å²) in [7, 11) is 1.26. The lowest BCUT2D eigenvalue weighted by Gasteiger charge is -2.06. The van der Waals surface area contributed by atoms with E-state index in [9.17, 15) is 9.59 Å². The third-order valence-corrected chi connectivity index (χ3v) is 3.48. The van der Waals surface area contributed by atoms with Gasteiger partial charge in [0.2, 0.25) is 5.76 Å². The third kappa shape index (κ3) is 3.22. The molecule has 0 aliphatic carbocycles. The van der Waals surface area contributed by atoms with Crippen molar-refractivity contribution in [3.63, 3.8) is 0 Å². The maximum absolute atomic E-state index is 12.1. The molecule has 6 heteroatoms. The number of hydrogen-bond donors (Lipinski definition) is 0. The van der Waals surface area contributed by atoms with E-state index in [1.807, 2.05) is 41.2 Å². The molecule has 0 saturated heterocycles. The number of methoxy groups -OCH3 is 1. The van der Waals surface area contributed by atoms with Crippen LogP contribution >= 0.6 is 0 Å². The van der Waals surface area contributed by atoms with E-state index in [1.54, 1.807) is 18.2 Å². The molecule has 3 rings (SSSR count). The Morgan fingerprint density at radius 2 is 1.75 bits per heavy atom. The average molecular weight is 325 g/mol. The molecule has 1 aromatic carbocycles. The molecule has 0 aliphatic heterocycles. The quantitative estimate of drug-likeness (QED) is 0.674. The summed E-state index contributed by atoms with van der Waals surface area (Å²) in [4.78, 5) is 23.6. The van der Waals surface area contributed by atoms with Crippen LogP contribution in [-0.4, -0.2) is 23.6 Å². The van der Waals surface area contributed by atoms with Crippen molar-refractivity contribution in [1.82, 2.24) is 4.57 Å². The van der Waals surface area contributed by atoms with Gasteiger partial charge in [0.15, 0.2) is 0 Å². The molecule has 122 valence electrons. The van der Waals surface area contributed by atoms with E-state index >= 15 is 0 Å². The summed E-state index contributed by atoms with van der Waals surface area (Å²) in [6.45, 7) is -0.0703. The highest BCUT2D eigenvalue weighted by Gasteiger charge is 2.17. The molecule has 2 heterocycles. The van der Waals surface area contributed by atoms with Crippen molar-refractivity contribution < 1.29 is 23.5 Å². The molecule has 6 nitrogen and oxygen atoms in total. The predicted octanol–water partition coefficient (Wildman–Crippen LogP) is 3.21. The Kier molecular flexibility index (Phi) is 4.47. The summed E-state index contributed by atoms with van der Waals surface area (Å²) in [5, 5.41) is 0. The van der Waals surface area contributed by atoms with Gasteiger partial charge in [-0.1, -0.05) is 0 Å². The first kappa shape index (κ1) is 15.6. The van der Waals surface area contributed by atoms with Crippen LogP contribution in [0.3, 0.4) is 0 Å². The molecular weight excluding hydrogens is 310 g/mol. The van der Waals surface area contributed by atoms with Crippen molar-refractivity contribution in [3.8, 4) is 5.69 Å². The molecule has 0 unspecified atom stereocenters. The van der Waals surface area contributed by atoms with Crippen LogP contribution in [0.5, 0.6) is 0 Å². The fourth-order valence-electron chi connectivity index (χ4n) is 2.22. The Hall–Kier alpha value is -3.28. The smallest absolute Gasteiger partial charge is 0.374 e. The standard InChI is InChI=1S/C18H15NO5/c1-22-18(21)16-14(8-11-23-16)12-24-17(20)13-4-6-15(7-5-13)19-9-2-3-10-19/h2-11H,12H2,1H3. The van der Waals surface area contributed by atoms with Gasteiger partial charge in [-0.15, -0.1) is 0 Å². The van der Waals surface area contributed by atoms with Gasteiger partial charge in [-0.05, 0) is 42.5 Å². The van der Waals surface area contributed by atoms with Crippen LogP contribution in [0, 0.1) is 0 Å². The molecule has 0 saturated carbocycles. The van der Waals surface area contributed by atoms with Crippen molar-refractivity contribution >= 4 is 11.9 Å². The highest BCUT2D eigenvalue weighted by atomic mass is 16.5. The van der Waals surface area contributed by atoms with Crippen molar-refractivity contribution in [2.24, 2.45) is 0 Å². The van der Waals surface area contributed by atoms with Crippen LogP contribution in [0.25, 0.3) is 5.69 Å². The second-order valence-corrected chi connectivity index (χ2v) is 4.98. The zero-order chi connectivity index (χ0) is 16.9. The molecule has 24 heavy (non-hydrogen) atoms. The van der Waals surface area contributed by atoms with Crippen molar-refractivity contribution in [2.45, 2.75) is 6.61 Å². The van der Waals surface area contributed by atoms with Gasteiger partial charge in [-0.25, -0.2) is 9.59 Å². The first-order chi connectivity index (χ1) is 11.7. The topological polar surface area (TPSA) is 70.7 Å². The average Bonchev–Trinajstić information content (AvgIpc) is 3.30. The van der Waals surface area contributed by atoms with Gasteiger partial charge in [0.25, 0.3) is 0 Å². The van der Waals surface area contributed by atoms with Crippen molar-refractivity contribution in [3.05, 3.63) is 78.0 Å². The van der Waals surface area contributed by atoms with Gasteiger partial charge in [0, 0.05) is 23.6 Å². The molecular formula is C18H15NO5. The number of carbonyl (C=O) groups is 2. The second-order valence-electron chi connectivity index (χ2n) is 4.98. The molecule has 0 spiro atoms. The van der Waals surface area contributed by atoms with Gasteiger partial charge in [-0.3, -0.25) is 0 Å². The number of ether oxygens (including phenoxy) is 2. The van der Waals surface area contributed by atoms with E-state index in [0.717, 1.165) is 5.69 Å². The van der Waals surface area contributed by atoms with Crippen LogP contribution < -0.4 is 0 Å². The van der Waals surface area contributed by atoms with Gasteiger partial charge < -0.3 is 18.5 Å². The molecule has 0 amide bonds. The maximum Gasteiger partial charge on any atom is 0.374 e. The van der Waals surface area contributed by atoms with E-state index in [1.165, 1.54) is 13.4 Å². The lowest BCUT2D eigenvalue weighted by molar-refractivity contribution is 0.0453. The van der Waals surface area contributed by atoms with Crippen molar-refractivity contribution in [2.75, 3.05) is 7.11 Å². The number of hydrogen-bond acceptors (Lipinski definition) is 5. The van der Waals surface area contributed by atoms with Crippen LogP contribution in [0.2, 0.25) is 0 Å². The van der Waals surface area contributed by atoms with Gasteiger partial charge >= 0.3 is 11.9 Å². The van der Waals surface area contributed by atoms with Gasteiger partial charge in [0.1, 0.15) is 6.61 Å². The number of carbonyl (C=O) groups excluding carboxylic acids is 2. The van der Waals surface area contributed by atoms with E-state index < -0.39 is 11.9 Å². The summed E-state index contributed by atoms with van der Waals surface area (Å²) in [5.74, 6) is -1.05. The molecule has 3 aromatic rings. The number of nitrogens with zero attached hydrogens (tertiary/aromatic N) is 1. The fraction of sp³-hybridized carbons (Fsp3) is 0.111. The maximum atomic E-state index is 12.1. The minimum atomic E-state index is -0.609. The van der Waals surface area contributed by atoms with E-state index in [0.29, 0.717) is 11.1 Å². The van der Waals surface area contributed by atoms with E-state index in [4.69, 9.17) is 9.15 Å². The number of rotatable bonds is 5. The summed E-state index contributed by atoms with van der Waals surface area (Å²) in [5.41, 5.74) is 1.83. The molecule has 0 fully saturated rings. The van der Waals surface area contributed by atoms with Crippen LogP contribution in [-0.2, 0) is 16.1 Å².